The maximum absolute atomic E-state index is 12.3. The van der Waals surface area contributed by atoms with Crippen LogP contribution >= 0.6 is 11.3 Å². The van der Waals surface area contributed by atoms with Crippen LogP contribution in [-0.4, -0.2) is 57.0 Å². The van der Waals surface area contributed by atoms with Crippen molar-refractivity contribution < 1.29 is 4.79 Å². The molecule has 0 radical (unpaired) electrons. The van der Waals surface area contributed by atoms with Crippen LogP contribution in [0.2, 0.25) is 0 Å². The van der Waals surface area contributed by atoms with Crippen LogP contribution < -0.4 is 5.32 Å². The highest BCUT2D eigenvalue weighted by atomic mass is 32.1. The number of rotatable bonds is 4. The molecule has 1 fully saturated rings. The van der Waals surface area contributed by atoms with E-state index in [0.717, 1.165) is 31.2 Å². The first kappa shape index (κ1) is 15.0. The van der Waals surface area contributed by atoms with E-state index in [9.17, 15) is 4.79 Å². The van der Waals surface area contributed by atoms with E-state index in [1.165, 1.54) is 11.3 Å². The van der Waals surface area contributed by atoms with Gasteiger partial charge in [-0.05, 0) is 6.54 Å². The number of urea groups is 1. The first-order chi connectivity index (χ1) is 10.8. The van der Waals surface area contributed by atoms with E-state index in [-0.39, 0.29) is 12.1 Å². The Morgan fingerprint density at radius 3 is 3.09 bits per heavy atom. The van der Waals surface area contributed by atoms with Gasteiger partial charge in [0.15, 0.2) is 0 Å². The molecular weight excluding hydrogens is 300 g/mol. The standard InChI is InChI=1S/C14H20N6OS/c1-2-19-5-6-20(8-12(19)13-15-3-4-16-13)14(21)17-7-11-9-22-10-18-11/h3-4,9-10,12H,2,5-8H2,1H3,(H,15,16)(H,17,21)/t12-/m1/s1. The Kier molecular flexibility index (Phi) is 4.69. The van der Waals surface area contributed by atoms with Gasteiger partial charge in [-0.25, -0.2) is 14.8 Å². The van der Waals surface area contributed by atoms with Crippen molar-refractivity contribution in [3.63, 3.8) is 0 Å². The fourth-order valence-electron chi connectivity index (χ4n) is 2.71. The largest absolute Gasteiger partial charge is 0.347 e. The molecule has 118 valence electrons. The van der Waals surface area contributed by atoms with Crippen molar-refractivity contribution in [1.29, 1.82) is 0 Å². The number of piperazine rings is 1. The van der Waals surface area contributed by atoms with Crippen molar-refractivity contribution in [3.05, 3.63) is 34.8 Å². The maximum atomic E-state index is 12.3. The smallest absolute Gasteiger partial charge is 0.317 e. The number of aromatic amines is 1. The van der Waals surface area contributed by atoms with E-state index in [0.29, 0.717) is 13.1 Å². The van der Waals surface area contributed by atoms with Crippen molar-refractivity contribution >= 4 is 17.4 Å². The summed E-state index contributed by atoms with van der Waals surface area (Å²) in [5, 5.41) is 4.88. The molecule has 0 unspecified atom stereocenters. The summed E-state index contributed by atoms with van der Waals surface area (Å²) in [7, 11) is 0. The zero-order valence-corrected chi connectivity index (χ0v) is 13.3. The Balaban J connectivity index is 1.61. The van der Waals surface area contributed by atoms with Crippen molar-refractivity contribution in [2.45, 2.75) is 19.5 Å². The molecule has 1 saturated heterocycles. The van der Waals surface area contributed by atoms with Crippen LogP contribution in [0, 0.1) is 0 Å². The van der Waals surface area contributed by atoms with Crippen molar-refractivity contribution in [3.8, 4) is 0 Å². The minimum Gasteiger partial charge on any atom is -0.347 e. The Bertz CT molecular complexity index is 585. The Hall–Kier alpha value is -1.93. The Labute approximate surface area is 133 Å². The number of carbonyl (C=O) groups excluding carboxylic acids is 1. The molecule has 2 N–H and O–H groups in total. The van der Waals surface area contributed by atoms with Crippen molar-refractivity contribution in [2.24, 2.45) is 0 Å². The molecule has 8 heteroatoms. The topological polar surface area (TPSA) is 77.2 Å². The molecule has 2 amide bonds. The van der Waals surface area contributed by atoms with E-state index in [4.69, 9.17) is 0 Å². The quantitative estimate of drug-likeness (QED) is 0.894. The summed E-state index contributed by atoms with van der Waals surface area (Å²) >= 11 is 1.53. The fourth-order valence-corrected chi connectivity index (χ4v) is 3.26. The molecule has 0 spiro atoms. The maximum Gasteiger partial charge on any atom is 0.317 e. The van der Waals surface area contributed by atoms with Gasteiger partial charge < -0.3 is 15.2 Å². The molecule has 3 heterocycles. The third-order valence-corrected chi connectivity index (χ3v) is 4.56. The van der Waals surface area contributed by atoms with Gasteiger partial charge in [0, 0.05) is 37.4 Å². The summed E-state index contributed by atoms with van der Waals surface area (Å²) in [4.78, 5) is 28.2. The molecule has 2 aromatic rings. The van der Waals surface area contributed by atoms with Crippen LogP contribution in [0.15, 0.2) is 23.3 Å². The van der Waals surface area contributed by atoms with Gasteiger partial charge in [-0.15, -0.1) is 11.3 Å². The summed E-state index contributed by atoms with van der Waals surface area (Å²) in [5.74, 6) is 0.916. The van der Waals surface area contributed by atoms with Gasteiger partial charge in [-0.3, -0.25) is 4.90 Å². The van der Waals surface area contributed by atoms with Crippen LogP contribution in [0.25, 0.3) is 0 Å². The fraction of sp³-hybridized carbons (Fsp3) is 0.500. The molecule has 2 aromatic heterocycles. The van der Waals surface area contributed by atoms with E-state index >= 15 is 0 Å². The lowest BCUT2D eigenvalue weighted by Crippen LogP contribution is -2.53. The molecule has 0 aromatic carbocycles. The number of hydrogen-bond acceptors (Lipinski definition) is 5. The zero-order chi connectivity index (χ0) is 15.4. The van der Waals surface area contributed by atoms with Crippen LogP contribution in [-0.2, 0) is 6.54 Å². The summed E-state index contributed by atoms with van der Waals surface area (Å²) in [6, 6.07) is 0.0825. The SMILES string of the molecule is CCN1CCN(C(=O)NCc2cscn2)C[C@@H]1c1ncc[nH]1. The van der Waals surface area contributed by atoms with Crippen molar-refractivity contribution in [2.75, 3.05) is 26.2 Å². The first-order valence-corrected chi connectivity index (χ1v) is 8.35. The van der Waals surface area contributed by atoms with Crippen LogP contribution in [0.3, 0.4) is 0 Å². The normalized spacial score (nSPS) is 19.3. The van der Waals surface area contributed by atoms with Gasteiger partial charge in [0.05, 0.1) is 23.8 Å². The Morgan fingerprint density at radius 1 is 1.50 bits per heavy atom. The lowest BCUT2D eigenvalue weighted by Gasteiger charge is -2.39. The van der Waals surface area contributed by atoms with E-state index in [1.807, 2.05) is 16.5 Å². The number of nitrogens with zero attached hydrogens (tertiary/aromatic N) is 4. The molecule has 7 nitrogen and oxygen atoms in total. The number of hydrogen-bond donors (Lipinski definition) is 2. The molecule has 1 aliphatic heterocycles. The molecule has 0 saturated carbocycles. The Morgan fingerprint density at radius 2 is 2.41 bits per heavy atom. The average Bonchev–Trinajstić information content (AvgIpc) is 3.25. The second-order valence-corrected chi connectivity index (χ2v) is 5.92. The second kappa shape index (κ2) is 6.89. The second-order valence-electron chi connectivity index (χ2n) is 5.20. The van der Waals surface area contributed by atoms with Gasteiger partial charge in [0.2, 0.25) is 0 Å². The number of likely N-dealkylation sites (N-methyl/N-ethyl adjacent to an activating group) is 1. The zero-order valence-electron chi connectivity index (χ0n) is 12.5. The number of amides is 2. The van der Waals surface area contributed by atoms with Gasteiger partial charge in [0.1, 0.15) is 5.82 Å². The summed E-state index contributed by atoms with van der Waals surface area (Å²) in [6.45, 7) is 5.78. The third kappa shape index (κ3) is 3.28. The van der Waals surface area contributed by atoms with Crippen LogP contribution in [0.1, 0.15) is 24.5 Å². The summed E-state index contributed by atoms with van der Waals surface area (Å²) < 4.78 is 0. The highest BCUT2D eigenvalue weighted by Crippen LogP contribution is 2.22. The predicted molar refractivity (Wildman–Crippen MR) is 84.5 cm³/mol. The summed E-state index contributed by atoms with van der Waals surface area (Å²) in [6.07, 6.45) is 3.58. The molecule has 1 atom stereocenters. The lowest BCUT2D eigenvalue weighted by atomic mass is 10.1. The molecule has 0 bridgehead atoms. The van der Waals surface area contributed by atoms with Gasteiger partial charge >= 0.3 is 6.03 Å². The minimum atomic E-state index is -0.0414. The number of nitrogens with one attached hydrogen (secondary N) is 2. The monoisotopic (exact) mass is 320 g/mol. The van der Waals surface area contributed by atoms with Gasteiger partial charge in [-0.2, -0.15) is 0 Å². The number of H-pyrrole nitrogens is 1. The van der Waals surface area contributed by atoms with Gasteiger partial charge in [0.25, 0.3) is 0 Å². The molecule has 22 heavy (non-hydrogen) atoms. The molecule has 1 aliphatic rings. The molecule has 3 rings (SSSR count). The highest BCUT2D eigenvalue weighted by Gasteiger charge is 2.31. The predicted octanol–water partition coefficient (Wildman–Crippen LogP) is 1.45. The minimum absolute atomic E-state index is 0.0414. The molecule has 0 aliphatic carbocycles. The number of thiazole rings is 1. The van der Waals surface area contributed by atoms with E-state index < -0.39 is 0 Å². The van der Waals surface area contributed by atoms with E-state index in [1.54, 1.807) is 11.7 Å². The first-order valence-electron chi connectivity index (χ1n) is 7.41. The summed E-state index contributed by atoms with van der Waals surface area (Å²) in [5.41, 5.74) is 2.67. The van der Waals surface area contributed by atoms with Crippen LogP contribution in [0.4, 0.5) is 4.79 Å². The number of carbonyl (C=O) groups is 1. The molecular formula is C14H20N6OS. The average molecular weight is 320 g/mol. The highest BCUT2D eigenvalue weighted by molar-refractivity contribution is 7.07. The van der Waals surface area contributed by atoms with Crippen molar-refractivity contribution in [1.82, 2.24) is 30.1 Å². The van der Waals surface area contributed by atoms with Crippen LogP contribution in [0.5, 0.6) is 0 Å². The number of aromatic nitrogens is 3. The van der Waals surface area contributed by atoms with Gasteiger partial charge in [-0.1, -0.05) is 6.92 Å². The third-order valence-electron chi connectivity index (χ3n) is 3.92. The number of imidazole rings is 1. The van der Waals surface area contributed by atoms with E-state index in [2.05, 4.69) is 32.1 Å². The lowest BCUT2D eigenvalue weighted by molar-refractivity contribution is 0.0896.